The topological polar surface area (TPSA) is 65.0 Å². The third kappa shape index (κ3) is 5.32. The predicted octanol–water partition coefficient (Wildman–Crippen LogP) is 5.47. The number of benzene rings is 2. The standard InChI is InChI=1S/C18H19BrClN3O.C2H6/c1-10-8-14(19)11(2)15(17(10)22-3)16(21)18(24)23-9-12-4-6-13(20)7-5-12;1-2/h4-8,21-22H,9H2,1-3H3,(H,23,24);1-2H3. The lowest BCUT2D eigenvalue weighted by atomic mass is 9.97. The van der Waals surface area contributed by atoms with Gasteiger partial charge in [-0.3, -0.25) is 10.2 Å². The fraction of sp³-hybridized carbons (Fsp3) is 0.300. The minimum atomic E-state index is -0.415. The fourth-order valence-corrected chi connectivity index (χ4v) is 3.16. The smallest absolute Gasteiger partial charge is 0.270 e. The van der Waals surface area contributed by atoms with Crippen LogP contribution >= 0.6 is 27.5 Å². The zero-order chi connectivity index (χ0) is 19.9. The molecule has 1 amide bonds. The Balaban J connectivity index is 0.00000163. The number of aryl methyl sites for hydroxylation is 1. The SMILES string of the molecule is CC.CNc1c(C)cc(Br)c(C)c1C(=N)C(=O)NCc1ccc(Cl)cc1. The molecule has 26 heavy (non-hydrogen) atoms. The van der Waals surface area contributed by atoms with Gasteiger partial charge in [0, 0.05) is 34.3 Å². The van der Waals surface area contributed by atoms with Gasteiger partial charge >= 0.3 is 0 Å². The van der Waals surface area contributed by atoms with E-state index in [1.165, 1.54) is 0 Å². The van der Waals surface area contributed by atoms with E-state index in [-0.39, 0.29) is 5.71 Å². The summed E-state index contributed by atoms with van der Waals surface area (Å²) in [7, 11) is 1.79. The van der Waals surface area contributed by atoms with Gasteiger partial charge in [0.1, 0.15) is 5.71 Å². The van der Waals surface area contributed by atoms with Crippen LogP contribution in [0.5, 0.6) is 0 Å². The Hall–Kier alpha value is -1.85. The van der Waals surface area contributed by atoms with Gasteiger partial charge in [0.2, 0.25) is 0 Å². The number of hydrogen-bond acceptors (Lipinski definition) is 3. The van der Waals surface area contributed by atoms with E-state index < -0.39 is 5.91 Å². The Labute approximate surface area is 169 Å². The lowest BCUT2D eigenvalue weighted by molar-refractivity contribution is -0.114. The number of amides is 1. The molecule has 2 aromatic rings. The maximum absolute atomic E-state index is 12.4. The summed E-state index contributed by atoms with van der Waals surface area (Å²) in [5, 5.41) is 14.8. The highest BCUT2D eigenvalue weighted by molar-refractivity contribution is 9.10. The van der Waals surface area contributed by atoms with Gasteiger partial charge in [0.15, 0.2) is 0 Å². The summed E-state index contributed by atoms with van der Waals surface area (Å²) >= 11 is 9.34. The maximum atomic E-state index is 12.4. The Kier molecular flexibility index (Phi) is 8.82. The number of anilines is 1. The van der Waals surface area contributed by atoms with Crippen LogP contribution in [0.15, 0.2) is 34.8 Å². The predicted molar refractivity (Wildman–Crippen MR) is 115 cm³/mol. The molecule has 2 rings (SSSR count). The van der Waals surface area contributed by atoms with Crippen LogP contribution in [-0.4, -0.2) is 18.7 Å². The van der Waals surface area contributed by atoms with Gasteiger partial charge in [-0.1, -0.05) is 53.5 Å². The molecule has 0 bridgehead atoms. The van der Waals surface area contributed by atoms with E-state index in [9.17, 15) is 4.79 Å². The van der Waals surface area contributed by atoms with Gasteiger partial charge in [-0.05, 0) is 48.7 Å². The van der Waals surface area contributed by atoms with Gasteiger partial charge < -0.3 is 10.6 Å². The van der Waals surface area contributed by atoms with Gasteiger partial charge in [-0.2, -0.15) is 0 Å². The van der Waals surface area contributed by atoms with Crippen LogP contribution in [0.25, 0.3) is 0 Å². The van der Waals surface area contributed by atoms with E-state index in [1.807, 2.05) is 45.9 Å². The number of carbonyl (C=O) groups is 1. The Bertz CT molecular complexity index is 789. The first kappa shape index (κ1) is 22.2. The van der Waals surface area contributed by atoms with Gasteiger partial charge in [-0.15, -0.1) is 0 Å². The van der Waals surface area contributed by atoms with Crippen molar-refractivity contribution in [2.75, 3.05) is 12.4 Å². The number of carbonyl (C=O) groups excluding carboxylic acids is 1. The molecule has 6 heteroatoms. The first-order chi connectivity index (χ1) is 12.3. The highest BCUT2D eigenvalue weighted by atomic mass is 79.9. The van der Waals surface area contributed by atoms with E-state index in [0.717, 1.165) is 26.9 Å². The van der Waals surface area contributed by atoms with Crippen LogP contribution in [-0.2, 0) is 11.3 Å². The second-order valence-electron chi connectivity index (χ2n) is 5.48. The van der Waals surface area contributed by atoms with Crippen molar-refractivity contribution in [2.24, 2.45) is 0 Å². The van der Waals surface area contributed by atoms with Crippen molar-refractivity contribution < 1.29 is 4.79 Å². The molecule has 0 saturated carbocycles. The fourth-order valence-electron chi connectivity index (χ4n) is 2.50. The van der Waals surface area contributed by atoms with E-state index in [2.05, 4.69) is 26.6 Å². The van der Waals surface area contributed by atoms with Crippen molar-refractivity contribution in [1.82, 2.24) is 5.32 Å². The van der Waals surface area contributed by atoms with E-state index in [4.69, 9.17) is 17.0 Å². The highest BCUT2D eigenvalue weighted by Gasteiger charge is 2.20. The molecule has 140 valence electrons. The van der Waals surface area contributed by atoms with Crippen LogP contribution in [0.4, 0.5) is 5.69 Å². The van der Waals surface area contributed by atoms with E-state index in [1.54, 1.807) is 19.2 Å². The molecular formula is C20H25BrClN3O. The molecule has 2 aromatic carbocycles. The summed E-state index contributed by atoms with van der Waals surface area (Å²) in [6.45, 7) is 8.18. The molecule has 0 radical (unpaired) electrons. The van der Waals surface area contributed by atoms with Crippen molar-refractivity contribution in [3.63, 3.8) is 0 Å². The molecular weight excluding hydrogens is 414 g/mol. The van der Waals surface area contributed by atoms with Crippen LogP contribution in [0.2, 0.25) is 5.02 Å². The number of rotatable bonds is 5. The summed E-state index contributed by atoms with van der Waals surface area (Å²) in [5.74, 6) is -0.415. The first-order valence-electron chi connectivity index (χ1n) is 8.44. The zero-order valence-corrected chi connectivity index (χ0v) is 18.1. The zero-order valence-electron chi connectivity index (χ0n) is 15.8. The normalized spacial score (nSPS) is 9.81. The quantitative estimate of drug-likeness (QED) is 0.542. The molecule has 0 aliphatic carbocycles. The molecule has 0 heterocycles. The molecule has 0 aromatic heterocycles. The molecule has 0 spiro atoms. The average molecular weight is 439 g/mol. The number of nitrogens with one attached hydrogen (secondary N) is 3. The summed E-state index contributed by atoms with van der Waals surface area (Å²) in [4.78, 5) is 12.4. The molecule has 0 fully saturated rings. The van der Waals surface area contributed by atoms with Crippen LogP contribution < -0.4 is 10.6 Å². The third-order valence-corrected chi connectivity index (χ3v) is 4.89. The lowest BCUT2D eigenvalue weighted by Gasteiger charge is -2.17. The molecule has 4 nitrogen and oxygen atoms in total. The Morgan fingerprint density at radius 2 is 1.77 bits per heavy atom. The minimum absolute atomic E-state index is 0.0600. The summed E-state index contributed by atoms with van der Waals surface area (Å²) in [6, 6.07) is 9.22. The van der Waals surface area contributed by atoms with E-state index in [0.29, 0.717) is 17.1 Å². The lowest BCUT2D eigenvalue weighted by Crippen LogP contribution is -2.31. The first-order valence-corrected chi connectivity index (χ1v) is 9.61. The highest BCUT2D eigenvalue weighted by Crippen LogP contribution is 2.30. The number of hydrogen-bond donors (Lipinski definition) is 3. The van der Waals surface area contributed by atoms with Crippen LogP contribution in [0, 0.1) is 19.3 Å². The second kappa shape index (κ2) is 10.3. The minimum Gasteiger partial charge on any atom is -0.387 e. The molecule has 0 atom stereocenters. The van der Waals surface area contributed by atoms with E-state index >= 15 is 0 Å². The monoisotopic (exact) mass is 437 g/mol. The molecule has 3 N–H and O–H groups in total. The van der Waals surface area contributed by atoms with Crippen LogP contribution in [0.3, 0.4) is 0 Å². The van der Waals surface area contributed by atoms with Gasteiger partial charge in [-0.25, -0.2) is 0 Å². The van der Waals surface area contributed by atoms with Gasteiger partial charge in [0.25, 0.3) is 5.91 Å². The van der Waals surface area contributed by atoms with Crippen molar-refractivity contribution >= 4 is 44.8 Å². The Morgan fingerprint density at radius 1 is 1.19 bits per heavy atom. The molecule has 0 unspecified atom stereocenters. The largest absolute Gasteiger partial charge is 0.387 e. The van der Waals surface area contributed by atoms with Crippen molar-refractivity contribution in [3.8, 4) is 0 Å². The molecule has 0 aliphatic heterocycles. The summed E-state index contributed by atoms with van der Waals surface area (Å²) < 4.78 is 0.879. The van der Waals surface area contributed by atoms with Crippen molar-refractivity contribution in [3.05, 3.63) is 62.1 Å². The van der Waals surface area contributed by atoms with Crippen molar-refractivity contribution in [2.45, 2.75) is 34.2 Å². The third-order valence-electron chi connectivity index (χ3n) is 3.81. The maximum Gasteiger partial charge on any atom is 0.270 e. The second-order valence-corrected chi connectivity index (χ2v) is 6.78. The molecule has 0 saturated heterocycles. The van der Waals surface area contributed by atoms with Crippen molar-refractivity contribution in [1.29, 1.82) is 5.41 Å². The Morgan fingerprint density at radius 3 is 2.31 bits per heavy atom. The molecule has 0 aliphatic rings. The summed E-state index contributed by atoms with van der Waals surface area (Å²) in [6.07, 6.45) is 0. The summed E-state index contributed by atoms with van der Waals surface area (Å²) in [5.41, 5.74) is 4.10. The number of halogens is 2. The van der Waals surface area contributed by atoms with Crippen LogP contribution in [0.1, 0.15) is 36.1 Å². The van der Waals surface area contributed by atoms with Gasteiger partial charge in [0.05, 0.1) is 0 Å². The average Bonchev–Trinajstić information content (AvgIpc) is 2.64.